The molecular formula is C32H31B3ClFN6O2. The Balaban J connectivity index is 2.05. The number of nitrogens with zero attached hydrogens (tertiary/aromatic N) is 6. The van der Waals surface area contributed by atoms with E-state index >= 15 is 4.39 Å². The van der Waals surface area contributed by atoms with E-state index in [0.29, 0.717) is 28.9 Å². The number of aryl methyl sites for hydroxylation is 1. The van der Waals surface area contributed by atoms with E-state index in [1.807, 2.05) is 27.7 Å². The predicted octanol–water partition coefficient (Wildman–Crippen LogP) is 5.02. The molecule has 0 aliphatic heterocycles. The SMILES string of the molecule is [B]C([B])=Cc1cccc(F)c1-c1nc2c(cc1Cl)c(N([B])CCN(CCC)C(=O)C=C)nc(=O)n2-c1c(C)ccnc1C(C)C. The molecule has 6 radical (unpaired) electrons. The summed E-state index contributed by atoms with van der Waals surface area (Å²) in [5.74, 6) is -0.844. The molecule has 4 rings (SSSR count). The third-order valence-electron chi connectivity index (χ3n) is 7.19. The fourth-order valence-corrected chi connectivity index (χ4v) is 5.39. The second-order valence-corrected chi connectivity index (χ2v) is 11.2. The molecule has 8 nitrogen and oxygen atoms in total. The lowest BCUT2D eigenvalue weighted by Gasteiger charge is -2.27. The number of carbonyl (C=O) groups excluding carboxylic acids is 1. The lowest BCUT2D eigenvalue weighted by Crippen LogP contribution is -2.39. The van der Waals surface area contributed by atoms with Crippen molar-refractivity contribution in [2.75, 3.05) is 24.4 Å². The molecule has 4 aromatic rings. The monoisotopic (exact) mass is 618 g/mol. The van der Waals surface area contributed by atoms with Crippen molar-refractivity contribution in [2.24, 2.45) is 0 Å². The van der Waals surface area contributed by atoms with Crippen molar-refractivity contribution in [2.45, 2.75) is 40.0 Å². The smallest absolute Gasteiger partial charge is 0.355 e. The summed E-state index contributed by atoms with van der Waals surface area (Å²) in [7, 11) is 18.0. The van der Waals surface area contributed by atoms with Gasteiger partial charge in [0.2, 0.25) is 13.9 Å². The van der Waals surface area contributed by atoms with Gasteiger partial charge in [0.25, 0.3) is 0 Å². The van der Waals surface area contributed by atoms with Gasteiger partial charge in [0.1, 0.15) is 11.6 Å². The van der Waals surface area contributed by atoms with Gasteiger partial charge in [0, 0.05) is 31.4 Å². The molecule has 0 saturated heterocycles. The van der Waals surface area contributed by atoms with Gasteiger partial charge in [-0.2, -0.15) is 10.4 Å². The number of rotatable bonds is 11. The Bertz CT molecular complexity index is 1860. The molecule has 0 aliphatic carbocycles. The van der Waals surface area contributed by atoms with E-state index in [0.717, 1.165) is 12.0 Å². The summed E-state index contributed by atoms with van der Waals surface area (Å²) in [5, 5.41) is 0.356. The number of fused-ring (bicyclic) bond motifs is 1. The Morgan fingerprint density at radius 3 is 2.56 bits per heavy atom. The van der Waals surface area contributed by atoms with Crippen LogP contribution in [0.25, 0.3) is 34.1 Å². The Morgan fingerprint density at radius 2 is 1.91 bits per heavy atom. The summed E-state index contributed by atoms with van der Waals surface area (Å²) in [6.07, 6.45) is 5.04. The summed E-state index contributed by atoms with van der Waals surface area (Å²) < 4.78 is 16.8. The first-order valence-electron chi connectivity index (χ1n) is 14.4. The molecule has 0 saturated carbocycles. The average molecular weight is 619 g/mol. The number of halogens is 2. The Morgan fingerprint density at radius 1 is 1.18 bits per heavy atom. The fourth-order valence-electron chi connectivity index (χ4n) is 5.14. The van der Waals surface area contributed by atoms with Gasteiger partial charge in [-0.05, 0) is 54.7 Å². The van der Waals surface area contributed by atoms with E-state index in [2.05, 4.69) is 16.5 Å². The first kappa shape index (κ1) is 33.7. The third-order valence-corrected chi connectivity index (χ3v) is 7.48. The van der Waals surface area contributed by atoms with Crippen LogP contribution in [0.2, 0.25) is 5.02 Å². The minimum absolute atomic E-state index is 0.0412. The molecule has 0 bridgehead atoms. The van der Waals surface area contributed by atoms with E-state index in [9.17, 15) is 9.59 Å². The summed E-state index contributed by atoms with van der Waals surface area (Å²) in [5.41, 5.74) is 1.78. The van der Waals surface area contributed by atoms with E-state index in [1.165, 1.54) is 33.7 Å². The number of amides is 1. The van der Waals surface area contributed by atoms with Crippen LogP contribution >= 0.6 is 11.6 Å². The number of aromatic nitrogens is 4. The minimum atomic E-state index is -0.681. The highest BCUT2D eigenvalue weighted by Gasteiger charge is 2.24. The molecule has 13 heteroatoms. The first-order chi connectivity index (χ1) is 21.4. The largest absolute Gasteiger partial charge is 0.408 e. The topological polar surface area (TPSA) is 84.2 Å². The summed E-state index contributed by atoms with van der Waals surface area (Å²) in [6, 6.07) is 7.73. The quantitative estimate of drug-likeness (QED) is 0.174. The normalized spacial score (nSPS) is 11.1. The summed E-state index contributed by atoms with van der Waals surface area (Å²) in [4.78, 5) is 43.0. The molecule has 224 valence electrons. The molecule has 0 unspecified atom stereocenters. The predicted molar refractivity (Wildman–Crippen MR) is 182 cm³/mol. The maximum Gasteiger partial charge on any atom is 0.355 e. The first-order valence-corrected chi connectivity index (χ1v) is 14.8. The molecule has 0 N–H and O–H groups in total. The standard InChI is InChI=1S/C32H31B3ClFN6O2/c1-6-13-41(25(44)7-2)14-15-42(35)30-21-17-22(36)28(26-20(16-24(33)34)9-8-10-23(26)37)39-31(21)43(32(45)40-30)29-19(5)11-12-38-27(29)18(3)4/h7-12,16-18H,2,6,13-15H2,1,3-5H3. The van der Waals surface area contributed by atoms with Crippen molar-refractivity contribution in [1.82, 2.24) is 24.4 Å². The van der Waals surface area contributed by atoms with Gasteiger partial charge in [-0.25, -0.2) is 18.7 Å². The molecule has 3 aromatic heterocycles. The summed E-state index contributed by atoms with van der Waals surface area (Å²) >= 11 is 6.81. The molecule has 1 amide bonds. The van der Waals surface area contributed by atoms with Crippen molar-refractivity contribution in [3.63, 3.8) is 0 Å². The van der Waals surface area contributed by atoms with Crippen LogP contribution in [0.15, 0.2) is 59.3 Å². The molecule has 45 heavy (non-hydrogen) atoms. The average Bonchev–Trinajstić information content (AvgIpc) is 2.98. The second kappa shape index (κ2) is 14.3. The lowest BCUT2D eigenvalue weighted by molar-refractivity contribution is -0.125. The fraction of sp³-hybridized carbons (Fsp3) is 0.281. The zero-order valence-electron chi connectivity index (χ0n) is 25.7. The number of benzene rings is 1. The second-order valence-electron chi connectivity index (χ2n) is 10.8. The van der Waals surface area contributed by atoms with Gasteiger partial charge in [-0.1, -0.05) is 57.2 Å². The molecule has 0 aliphatic rings. The van der Waals surface area contributed by atoms with Crippen molar-refractivity contribution in [1.29, 1.82) is 0 Å². The van der Waals surface area contributed by atoms with Crippen LogP contribution in [0, 0.1) is 12.7 Å². The van der Waals surface area contributed by atoms with Crippen LogP contribution in [0.4, 0.5) is 10.2 Å². The Labute approximate surface area is 271 Å². The third kappa shape index (κ3) is 7.06. The lowest BCUT2D eigenvalue weighted by atomic mass is 9.77. The van der Waals surface area contributed by atoms with E-state index in [-0.39, 0.29) is 58.0 Å². The zero-order valence-corrected chi connectivity index (χ0v) is 26.5. The number of pyridine rings is 2. The van der Waals surface area contributed by atoms with Gasteiger partial charge in [-0.15, -0.1) is 0 Å². The minimum Gasteiger partial charge on any atom is -0.408 e. The Kier molecular flexibility index (Phi) is 10.7. The van der Waals surface area contributed by atoms with Gasteiger partial charge < -0.3 is 9.71 Å². The molecule has 0 atom stereocenters. The number of hydrogen-bond acceptors (Lipinski definition) is 6. The summed E-state index contributed by atoms with van der Waals surface area (Å²) in [6.45, 7) is 12.2. The van der Waals surface area contributed by atoms with Crippen molar-refractivity contribution in [3.05, 3.63) is 92.7 Å². The van der Waals surface area contributed by atoms with Crippen LogP contribution < -0.4 is 10.5 Å². The van der Waals surface area contributed by atoms with Crippen molar-refractivity contribution in [3.8, 4) is 16.9 Å². The molecule has 0 fully saturated rings. The van der Waals surface area contributed by atoms with E-state index < -0.39 is 11.5 Å². The Hall–Kier alpha value is -4.18. The zero-order chi connectivity index (χ0) is 33.0. The van der Waals surface area contributed by atoms with Crippen LogP contribution in [0.1, 0.15) is 49.9 Å². The van der Waals surface area contributed by atoms with Crippen LogP contribution in [-0.2, 0) is 4.79 Å². The highest BCUT2D eigenvalue weighted by Crippen LogP contribution is 2.37. The maximum atomic E-state index is 15.5. The maximum absolute atomic E-state index is 15.5. The molecular weight excluding hydrogens is 587 g/mol. The van der Waals surface area contributed by atoms with Crippen molar-refractivity contribution >= 4 is 64.1 Å². The highest BCUT2D eigenvalue weighted by atomic mass is 35.5. The van der Waals surface area contributed by atoms with Crippen LogP contribution in [0.5, 0.6) is 0 Å². The molecule has 0 spiro atoms. The van der Waals surface area contributed by atoms with Crippen LogP contribution in [0.3, 0.4) is 0 Å². The van der Waals surface area contributed by atoms with Gasteiger partial charge in [0.05, 0.1) is 43.2 Å². The van der Waals surface area contributed by atoms with Crippen molar-refractivity contribution < 1.29 is 9.18 Å². The number of carbonyl (C=O) groups is 1. The van der Waals surface area contributed by atoms with E-state index in [4.69, 9.17) is 40.3 Å². The van der Waals surface area contributed by atoms with Crippen LogP contribution in [-0.4, -0.2) is 73.6 Å². The number of anilines is 1. The molecule has 3 heterocycles. The molecule has 1 aromatic carbocycles. The number of hydrogen-bond donors (Lipinski definition) is 0. The van der Waals surface area contributed by atoms with Gasteiger partial charge in [0.15, 0.2) is 5.65 Å². The highest BCUT2D eigenvalue weighted by molar-refractivity contribution is 6.50. The van der Waals surface area contributed by atoms with Gasteiger partial charge >= 0.3 is 5.69 Å². The van der Waals surface area contributed by atoms with E-state index in [1.54, 1.807) is 29.3 Å². The van der Waals surface area contributed by atoms with Gasteiger partial charge in [-0.3, -0.25) is 9.78 Å².